The highest BCUT2D eigenvalue weighted by molar-refractivity contribution is 6.00. The lowest BCUT2D eigenvalue weighted by molar-refractivity contribution is 0.0471. The highest BCUT2D eigenvalue weighted by Crippen LogP contribution is 2.27. The first kappa shape index (κ1) is 22.3. The minimum absolute atomic E-state index is 0.107. The van der Waals surface area contributed by atoms with Gasteiger partial charge in [-0.3, -0.25) is 4.79 Å². The summed E-state index contributed by atoms with van der Waals surface area (Å²) in [5, 5.41) is 0. The van der Waals surface area contributed by atoms with Gasteiger partial charge in [0.05, 0.1) is 17.2 Å². The lowest BCUT2D eigenvalue weighted by Crippen LogP contribution is -2.47. The summed E-state index contributed by atoms with van der Waals surface area (Å²) in [6.45, 7) is 8.21. The van der Waals surface area contributed by atoms with Gasteiger partial charge in [-0.1, -0.05) is 19.1 Å². The molecule has 162 valence electrons. The Morgan fingerprint density at radius 2 is 1.84 bits per heavy atom. The van der Waals surface area contributed by atoms with E-state index in [4.69, 9.17) is 4.74 Å². The van der Waals surface area contributed by atoms with Crippen LogP contribution >= 0.6 is 0 Å². The molecule has 31 heavy (non-hydrogen) atoms. The number of hydrogen-bond donors (Lipinski definition) is 0. The Morgan fingerprint density at radius 3 is 2.45 bits per heavy atom. The summed E-state index contributed by atoms with van der Waals surface area (Å²) >= 11 is 0. The molecule has 0 saturated carbocycles. The van der Waals surface area contributed by atoms with E-state index in [0.29, 0.717) is 18.8 Å². The lowest BCUT2D eigenvalue weighted by Gasteiger charge is -2.34. The monoisotopic (exact) mass is 422 g/mol. The summed E-state index contributed by atoms with van der Waals surface area (Å²) in [5.74, 6) is -0.136. The van der Waals surface area contributed by atoms with Gasteiger partial charge in [0.15, 0.2) is 5.82 Å². The maximum absolute atomic E-state index is 14.7. The summed E-state index contributed by atoms with van der Waals surface area (Å²) in [5.41, 5.74) is 1.38. The molecule has 3 aromatic rings. The first-order valence-electron chi connectivity index (χ1n) is 10.4. The smallest absolute Gasteiger partial charge is 0.255 e. The van der Waals surface area contributed by atoms with Gasteiger partial charge in [-0.2, -0.15) is 0 Å². The predicted molar refractivity (Wildman–Crippen MR) is 117 cm³/mol. The molecule has 1 amide bonds. The quantitative estimate of drug-likeness (QED) is 0.527. The van der Waals surface area contributed by atoms with Crippen LogP contribution in [0.5, 0.6) is 5.88 Å². The van der Waals surface area contributed by atoms with Crippen molar-refractivity contribution in [3.63, 3.8) is 0 Å². The van der Waals surface area contributed by atoms with Gasteiger partial charge in [-0.15, -0.1) is 0 Å². The van der Waals surface area contributed by atoms with E-state index in [0.717, 1.165) is 5.56 Å². The summed E-state index contributed by atoms with van der Waals surface area (Å²) in [7, 11) is 0. The molecule has 0 fully saturated rings. The molecule has 2 atom stereocenters. The number of carbonyl (C=O) groups is 1. The van der Waals surface area contributed by atoms with Gasteiger partial charge in [0.25, 0.3) is 5.91 Å². The van der Waals surface area contributed by atoms with E-state index in [9.17, 15) is 9.18 Å². The minimum Gasteiger partial charge on any atom is -0.472 e. The molecule has 0 aliphatic carbocycles. The highest BCUT2D eigenvalue weighted by atomic mass is 19.1. The minimum atomic E-state index is -0.533. The number of benzene rings is 1. The highest BCUT2D eigenvalue weighted by Gasteiger charge is 2.30. The average molecular weight is 423 g/mol. The van der Waals surface area contributed by atoms with E-state index in [1.165, 1.54) is 24.5 Å². The van der Waals surface area contributed by atoms with Crippen LogP contribution in [-0.4, -0.2) is 44.4 Å². The number of pyridine rings is 1. The van der Waals surface area contributed by atoms with Crippen LogP contribution in [0.3, 0.4) is 0 Å². The van der Waals surface area contributed by atoms with E-state index in [-0.39, 0.29) is 35.0 Å². The van der Waals surface area contributed by atoms with E-state index in [1.807, 2.05) is 39.8 Å². The second-order valence-electron chi connectivity index (χ2n) is 7.30. The normalized spacial score (nSPS) is 12.8. The number of likely N-dealkylation sites (N-methyl/N-ethyl adjacent to an activating group) is 1. The number of rotatable bonds is 8. The van der Waals surface area contributed by atoms with Gasteiger partial charge in [-0.05, 0) is 51.0 Å². The van der Waals surface area contributed by atoms with Crippen molar-refractivity contribution < 1.29 is 13.9 Å². The molecule has 6 nitrogen and oxygen atoms in total. The van der Waals surface area contributed by atoms with E-state index in [2.05, 4.69) is 15.0 Å². The van der Waals surface area contributed by atoms with Crippen molar-refractivity contribution in [3.05, 3.63) is 71.9 Å². The van der Waals surface area contributed by atoms with Crippen LogP contribution in [0.2, 0.25) is 0 Å². The van der Waals surface area contributed by atoms with Crippen molar-refractivity contribution >= 4 is 5.91 Å². The number of hydrogen-bond acceptors (Lipinski definition) is 5. The second kappa shape index (κ2) is 10.1. The Bertz CT molecular complexity index is 1010. The number of ether oxygens (including phenoxy) is 1. The zero-order valence-corrected chi connectivity index (χ0v) is 18.2. The van der Waals surface area contributed by atoms with Crippen LogP contribution in [-0.2, 0) is 0 Å². The fourth-order valence-corrected chi connectivity index (χ4v) is 3.64. The van der Waals surface area contributed by atoms with E-state index < -0.39 is 5.82 Å². The third-order valence-corrected chi connectivity index (χ3v) is 5.19. The average Bonchev–Trinajstić information content (AvgIpc) is 2.78. The molecule has 2 unspecified atom stereocenters. The topological polar surface area (TPSA) is 68.2 Å². The first-order valence-corrected chi connectivity index (χ1v) is 10.4. The lowest BCUT2D eigenvalue weighted by atomic mass is 10.0. The standard InChI is InChI=1S/C24H27FN4O2/c1-5-20(17(4)31-21-12-11-16(3)15-28-21)29(6-2)24(30)18-9-7-10-19(25)22(18)23-26-13-8-14-27-23/h7-15,17,20H,5-6H2,1-4H3. The Labute approximate surface area is 182 Å². The van der Waals surface area contributed by atoms with Crippen molar-refractivity contribution in [2.75, 3.05) is 6.54 Å². The fourth-order valence-electron chi connectivity index (χ4n) is 3.64. The largest absolute Gasteiger partial charge is 0.472 e. The van der Waals surface area contributed by atoms with Crippen LogP contribution in [0.1, 0.15) is 43.1 Å². The molecular weight excluding hydrogens is 395 g/mol. The Hall–Kier alpha value is -3.35. The summed E-state index contributed by atoms with van der Waals surface area (Å²) in [4.78, 5) is 27.9. The van der Waals surface area contributed by atoms with E-state index >= 15 is 0 Å². The van der Waals surface area contributed by atoms with Crippen LogP contribution in [0.4, 0.5) is 4.39 Å². The molecule has 0 aliphatic rings. The summed E-state index contributed by atoms with van der Waals surface area (Å²) < 4.78 is 20.8. The number of amides is 1. The van der Waals surface area contributed by atoms with Crippen LogP contribution in [0.25, 0.3) is 11.4 Å². The third kappa shape index (κ3) is 5.05. The zero-order chi connectivity index (χ0) is 22.4. The van der Waals surface area contributed by atoms with Crippen molar-refractivity contribution in [2.24, 2.45) is 0 Å². The molecular formula is C24H27FN4O2. The number of aromatic nitrogens is 3. The van der Waals surface area contributed by atoms with Gasteiger partial charge in [-0.25, -0.2) is 19.3 Å². The molecule has 0 bridgehead atoms. The number of nitrogens with zero attached hydrogens (tertiary/aromatic N) is 4. The van der Waals surface area contributed by atoms with Gasteiger partial charge < -0.3 is 9.64 Å². The zero-order valence-electron chi connectivity index (χ0n) is 18.2. The van der Waals surface area contributed by atoms with Crippen molar-refractivity contribution in [2.45, 2.75) is 46.3 Å². The van der Waals surface area contributed by atoms with Gasteiger partial charge in [0.1, 0.15) is 11.9 Å². The van der Waals surface area contributed by atoms with Gasteiger partial charge in [0.2, 0.25) is 5.88 Å². The number of halogens is 1. The summed E-state index contributed by atoms with van der Waals surface area (Å²) in [6.07, 6.45) is 5.15. The second-order valence-corrected chi connectivity index (χ2v) is 7.30. The van der Waals surface area contributed by atoms with Crippen LogP contribution in [0, 0.1) is 12.7 Å². The van der Waals surface area contributed by atoms with Crippen molar-refractivity contribution in [1.82, 2.24) is 19.9 Å². The Balaban J connectivity index is 1.91. The number of aryl methyl sites for hydroxylation is 1. The van der Waals surface area contributed by atoms with Crippen molar-refractivity contribution in [1.29, 1.82) is 0 Å². The maximum Gasteiger partial charge on any atom is 0.255 e. The molecule has 0 saturated heterocycles. The molecule has 2 heterocycles. The van der Waals surface area contributed by atoms with E-state index in [1.54, 1.807) is 23.2 Å². The van der Waals surface area contributed by atoms with Crippen LogP contribution in [0.15, 0.2) is 55.0 Å². The molecule has 3 rings (SSSR count). The first-order chi connectivity index (χ1) is 15.0. The molecule has 0 spiro atoms. The van der Waals surface area contributed by atoms with Gasteiger partial charge >= 0.3 is 0 Å². The molecule has 7 heteroatoms. The molecule has 0 aliphatic heterocycles. The molecule has 2 aromatic heterocycles. The molecule has 1 aromatic carbocycles. The Kier molecular flexibility index (Phi) is 7.28. The third-order valence-electron chi connectivity index (χ3n) is 5.19. The predicted octanol–water partition coefficient (Wildman–Crippen LogP) is 4.69. The van der Waals surface area contributed by atoms with Gasteiger partial charge in [0, 0.05) is 31.2 Å². The van der Waals surface area contributed by atoms with Crippen LogP contribution < -0.4 is 4.74 Å². The molecule has 0 radical (unpaired) electrons. The Morgan fingerprint density at radius 1 is 1.10 bits per heavy atom. The number of carbonyl (C=O) groups excluding carboxylic acids is 1. The molecule has 0 N–H and O–H groups in total. The SMILES string of the molecule is CCC(C(C)Oc1ccc(C)cn1)N(CC)C(=O)c1cccc(F)c1-c1ncccn1. The summed E-state index contributed by atoms with van der Waals surface area (Å²) in [6, 6.07) is 9.61. The van der Waals surface area contributed by atoms with Crippen molar-refractivity contribution in [3.8, 4) is 17.3 Å². The maximum atomic E-state index is 14.7. The fraction of sp³-hybridized carbons (Fsp3) is 0.333.